The zero-order valence-electron chi connectivity index (χ0n) is 15.0. The number of aryl methyl sites for hydroxylation is 1. The summed E-state index contributed by atoms with van der Waals surface area (Å²) in [6.07, 6.45) is 3.40. The van der Waals surface area contributed by atoms with Gasteiger partial charge in [-0.1, -0.05) is 25.5 Å². The Kier molecular flexibility index (Phi) is 7.14. The second kappa shape index (κ2) is 9.57. The van der Waals surface area contributed by atoms with Crippen molar-refractivity contribution < 1.29 is 19.0 Å². The van der Waals surface area contributed by atoms with Crippen molar-refractivity contribution in [1.82, 2.24) is 0 Å². The van der Waals surface area contributed by atoms with Gasteiger partial charge in [-0.15, -0.1) is 0 Å². The van der Waals surface area contributed by atoms with Gasteiger partial charge in [0.15, 0.2) is 6.61 Å². The second-order valence-electron chi connectivity index (χ2n) is 5.69. The summed E-state index contributed by atoms with van der Waals surface area (Å²) >= 11 is 0. The molecule has 1 amide bonds. The van der Waals surface area contributed by atoms with Crippen molar-refractivity contribution in [2.24, 2.45) is 0 Å². The minimum absolute atomic E-state index is 0.0894. The largest absolute Gasteiger partial charge is 0.496 e. The van der Waals surface area contributed by atoms with E-state index in [1.807, 2.05) is 24.3 Å². The number of methoxy groups -OCH3 is 2. The number of nitrogens with one attached hydrogen (secondary N) is 1. The maximum absolute atomic E-state index is 12.1. The van der Waals surface area contributed by atoms with Gasteiger partial charge in [0.1, 0.15) is 17.2 Å². The molecule has 1 N–H and O–H groups in total. The summed E-state index contributed by atoms with van der Waals surface area (Å²) in [5.41, 5.74) is 2.04. The van der Waals surface area contributed by atoms with Crippen LogP contribution >= 0.6 is 0 Å². The number of amides is 1. The van der Waals surface area contributed by atoms with Crippen molar-refractivity contribution in [2.75, 3.05) is 26.1 Å². The van der Waals surface area contributed by atoms with Gasteiger partial charge in [0.05, 0.1) is 14.2 Å². The van der Waals surface area contributed by atoms with E-state index >= 15 is 0 Å². The van der Waals surface area contributed by atoms with Crippen LogP contribution in [0, 0.1) is 0 Å². The summed E-state index contributed by atoms with van der Waals surface area (Å²) in [6, 6.07) is 13.1. The standard InChI is InChI=1S/C20H25NO4/c1-4-5-6-15-7-9-16(10-8-15)21-20(22)14-25-19-12-17(23-2)11-18(13-19)24-3/h7-13H,4-6,14H2,1-3H3,(H,21,22). The van der Waals surface area contributed by atoms with Gasteiger partial charge in [-0.3, -0.25) is 4.79 Å². The quantitative estimate of drug-likeness (QED) is 0.746. The molecule has 0 aliphatic rings. The van der Waals surface area contributed by atoms with E-state index in [1.165, 1.54) is 18.4 Å². The summed E-state index contributed by atoms with van der Waals surface area (Å²) < 4.78 is 15.9. The fourth-order valence-corrected chi connectivity index (χ4v) is 2.35. The number of hydrogen-bond acceptors (Lipinski definition) is 4. The SMILES string of the molecule is CCCCc1ccc(NC(=O)COc2cc(OC)cc(OC)c2)cc1. The van der Waals surface area contributed by atoms with Crippen LogP contribution in [-0.2, 0) is 11.2 Å². The first-order valence-corrected chi connectivity index (χ1v) is 8.39. The van der Waals surface area contributed by atoms with E-state index in [0.29, 0.717) is 17.2 Å². The number of carbonyl (C=O) groups is 1. The highest BCUT2D eigenvalue weighted by atomic mass is 16.5. The highest BCUT2D eigenvalue weighted by molar-refractivity contribution is 5.91. The molecule has 0 atom stereocenters. The molecule has 2 aromatic carbocycles. The van der Waals surface area contributed by atoms with Gasteiger partial charge < -0.3 is 19.5 Å². The Morgan fingerprint density at radius 2 is 1.56 bits per heavy atom. The van der Waals surface area contributed by atoms with E-state index in [1.54, 1.807) is 32.4 Å². The fraction of sp³-hybridized carbons (Fsp3) is 0.350. The van der Waals surface area contributed by atoms with Crippen molar-refractivity contribution in [3.05, 3.63) is 48.0 Å². The van der Waals surface area contributed by atoms with E-state index in [-0.39, 0.29) is 12.5 Å². The third-order valence-corrected chi connectivity index (χ3v) is 3.75. The predicted molar refractivity (Wildman–Crippen MR) is 98.7 cm³/mol. The molecule has 0 spiro atoms. The first kappa shape index (κ1) is 18.6. The van der Waals surface area contributed by atoms with Gasteiger partial charge in [-0.2, -0.15) is 0 Å². The van der Waals surface area contributed by atoms with Gasteiger partial charge in [0.2, 0.25) is 0 Å². The van der Waals surface area contributed by atoms with Crippen molar-refractivity contribution >= 4 is 11.6 Å². The van der Waals surface area contributed by atoms with E-state index < -0.39 is 0 Å². The third kappa shape index (κ3) is 6.03. The fourth-order valence-electron chi connectivity index (χ4n) is 2.35. The number of hydrogen-bond donors (Lipinski definition) is 1. The lowest BCUT2D eigenvalue weighted by molar-refractivity contribution is -0.118. The molecule has 134 valence electrons. The maximum atomic E-state index is 12.1. The monoisotopic (exact) mass is 343 g/mol. The van der Waals surface area contributed by atoms with Crippen molar-refractivity contribution in [2.45, 2.75) is 26.2 Å². The van der Waals surface area contributed by atoms with Crippen LogP contribution in [0.3, 0.4) is 0 Å². The average Bonchev–Trinajstić information content (AvgIpc) is 2.65. The topological polar surface area (TPSA) is 56.8 Å². The van der Waals surface area contributed by atoms with Crippen molar-refractivity contribution in [3.63, 3.8) is 0 Å². The number of rotatable bonds is 9. The first-order chi connectivity index (χ1) is 12.1. The summed E-state index contributed by atoms with van der Waals surface area (Å²) in [5.74, 6) is 1.51. The van der Waals surface area contributed by atoms with Crippen LogP contribution < -0.4 is 19.5 Å². The average molecular weight is 343 g/mol. The van der Waals surface area contributed by atoms with Gasteiger partial charge >= 0.3 is 0 Å². The number of carbonyl (C=O) groups excluding carboxylic acids is 1. The van der Waals surface area contributed by atoms with E-state index in [4.69, 9.17) is 14.2 Å². The van der Waals surface area contributed by atoms with Crippen LogP contribution in [-0.4, -0.2) is 26.7 Å². The Morgan fingerprint density at radius 1 is 0.960 bits per heavy atom. The molecule has 0 bridgehead atoms. The molecule has 2 aromatic rings. The van der Waals surface area contributed by atoms with Crippen LogP contribution in [0.25, 0.3) is 0 Å². The second-order valence-corrected chi connectivity index (χ2v) is 5.69. The van der Waals surface area contributed by atoms with Crippen LogP contribution in [0.4, 0.5) is 5.69 Å². The van der Waals surface area contributed by atoms with Crippen LogP contribution in [0.15, 0.2) is 42.5 Å². The first-order valence-electron chi connectivity index (χ1n) is 8.39. The minimum Gasteiger partial charge on any atom is -0.496 e. The summed E-state index contributed by atoms with van der Waals surface area (Å²) in [7, 11) is 3.13. The zero-order chi connectivity index (χ0) is 18.1. The molecule has 25 heavy (non-hydrogen) atoms. The number of ether oxygens (including phenoxy) is 3. The Balaban J connectivity index is 1.88. The van der Waals surface area contributed by atoms with E-state index in [9.17, 15) is 4.79 Å². The molecule has 5 nitrogen and oxygen atoms in total. The Labute approximate surface area is 148 Å². The van der Waals surface area contributed by atoms with Gasteiger partial charge in [-0.25, -0.2) is 0 Å². The van der Waals surface area contributed by atoms with Gasteiger partial charge in [0, 0.05) is 23.9 Å². The number of anilines is 1. The molecule has 0 saturated carbocycles. The van der Waals surface area contributed by atoms with Crippen molar-refractivity contribution in [3.8, 4) is 17.2 Å². The van der Waals surface area contributed by atoms with Crippen LogP contribution in [0.1, 0.15) is 25.3 Å². The lowest BCUT2D eigenvalue weighted by atomic mass is 10.1. The molecule has 0 saturated heterocycles. The van der Waals surface area contributed by atoms with Gasteiger partial charge in [-0.05, 0) is 30.5 Å². The summed E-state index contributed by atoms with van der Waals surface area (Å²) in [5, 5.41) is 2.83. The molecule has 2 rings (SSSR count). The lowest BCUT2D eigenvalue weighted by Crippen LogP contribution is -2.20. The van der Waals surface area contributed by atoms with Gasteiger partial charge in [0.25, 0.3) is 5.91 Å². The molecule has 0 aromatic heterocycles. The van der Waals surface area contributed by atoms with Crippen LogP contribution in [0.2, 0.25) is 0 Å². The molecule has 0 heterocycles. The van der Waals surface area contributed by atoms with E-state index in [0.717, 1.165) is 12.1 Å². The Bertz CT molecular complexity index is 660. The summed E-state index contributed by atoms with van der Waals surface area (Å²) in [4.78, 5) is 12.1. The predicted octanol–water partition coefficient (Wildman–Crippen LogP) is 4.06. The highest BCUT2D eigenvalue weighted by Crippen LogP contribution is 2.27. The molecule has 0 aliphatic carbocycles. The molecule has 5 heteroatoms. The Hall–Kier alpha value is -2.69. The molecular weight excluding hydrogens is 318 g/mol. The van der Waals surface area contributed by atoms with E-state index in [2.05, 4.69) is 12.2 Å². The zero-order valence-corrected chi connectivity index (χ0v) is 15.0. The third-order valence-electron chi connectivity index (χ3n) is 3.75. The smallest absolute Gasteiger partial charge is 0.262 e. The molecule has 0 aliphatic heterocycles. The normalized spacial score (nSPS) is 10.2. The molecular formula is C20H25NO4. The Morgan fingerprint density at radius 3 is 2.12 bits per heavy atom. The molecule has 0 unspecified atom stereocenters. The van der Waals surface area contributed by atoms with Crippen LogP contribution in [0.5, 0.6) is 17.2 Å². The summed E-state index contributed by atoms with van der Waals surface area (Å²) in [6.45, 7) is 2.08. The van der Waals surface area contributed by atoms with Crippen molar-refractivity contribution in [1.29, 1.82) is 0 Å². The highest BCUT2D eigenvalue weighted by Gasteiger charge is 2.07. The lowest BCUT2D eigenvalue weighted by Gasteiger charge is -2.11. The number of unbranched alkanes of at least 4 members (excludes halogenated alkanes) is 1. The molecule has 0 radical (unpaired) electrons. The maximum Gasteiger partial charge on any atom is 0.262 e. The molecule has 0 fully saturated rings. The number of benzene rings is 2. The minimum atomic E-state index is -0.219.